The highest BCUT2D eigenvalue weighted by atomic mass is 16.5. The van der Waals surface area contributed by atoms with Crippen LogP contribution in [0.2, 0.25) is 0 Å². The molecule has 0 saturated carbocycles. The molecule has 4 aromatic carbocycles. The van der Waals surface area contributed by atoms with E-state index < -0.39 is 0 Å². The van der Waals surface area contributed by atoms with Gasteiger partial charge in [0.15, 0.2) is 0 Å². The highest BCUT2D eigenvalue weighted by molar-refractivity contribution is 5.62. The van der Waals surface area contributed by atoms with Gasteiger partial charge in [-0.2, -0.15) is 0 Å². The Morgan fingerprint density at radius 3 is 1.79 bits per heavy atom. The third-order valence-corrected chi connectivity index (χ3v) is 6.52. The molecule has 1 fully saturated rings. The summed E-state index contributed by atoms with van der Waals surface area (Å²) in [5.74, 6) is 2.40. The van der Waals surface area contributed by atoms with E-state index in [9.17, 15) is 0 Å². The van der Waals surface area contributed by atoms with Crippen molar-refractivity contribution in [3.05, 3.63) is 126 Å². The minimum Gasteiger partial charge on any atom is -0.489 e. The van der Waals surface area contributed by atoms with Gasteiger partial charge in [-0.15, -0.1) is 0 Å². The lowest BCUT2D eigenvalue weighted by atomic mass is 9.89. The summed E-state index contributed by atoms with van der Waals surface area (Å²) in [6.07, 6.45) is 2.27. The summed E-state index contributed by atoms with van der Waals surface area (Å²) < 4.78 is 12.5. The van der Waals surface area contributed by atoms with E-state index in [4.69, 9.17) is 9.47 Å². The lowest BCUT2D eigenvalue weighted by Gasteiger charge is -2.35. The number of hydrogen-bond donors (Lipinski definition) is 0. The van der Waals surface area contributed by atoms with Crippen molar-refractivity contribution in [2.45, 2.75) is 32.0 Å². The SMILES string of the molecule is c1ccc(COc2ccc(OCc3ccccc3)c(N3CCC(c4ccccc4)CC3)c2)cc1. The quantitative estimate of drug-likeness (QED) is 0.283. The minimum atomic E-state index is 0.554. The van der Waals surface area contributed by atoms with Gasteiger partial charge in [-0.3, -0.25) is 0 Å². The van der Waals surface area contributed by atoms with Crippen molar-refractivity contribution >= 4 is 5.69 Å². The van der Waals surface area contributed by atoms with E-state index in [1.807, 2.05) is 30.3 Å². The van der Waals surface area contributed by atoms with Crippen molar-refractivity contribution in [2.24, 2.45) is 0 Å². The summed E-state index contributed by atoms with van der Waals surface area (Å²) >= 11 is 0. The van der Waals surface area contributed by atoms with Crippen LogP contribution in [0, 0.1) is 0 Å². The number of ether oxygens (including phenoxy) is 2. The second-order valence-electron chi connectivity index (χ2n) is 8.85. The van der Waals surface area contributed by atoms with Crippen molar-refractivity contribution < 1.29 is 9.47 Å². The van der Waals surface area contributed by atoms with Gasteiger partial charge in [0, 0.05) is 19.2 Å². The molecule has 172 valence electrons. The summed E-state index contributed by atoms with van der Waals surface area (Å²) in [4.78, 5) is 2.45. The fourth-order valence-corrected chi connectivity index (χ4v) is 4.61. The van der Waals surface area contributed by atoms with Gasteiger partial charge in [0.25, 0.3) is 0 Å². The molecule has 5 rings (SSSR count). The molecule has 0 atom stereocenters. The van der Waals surface area contributed by atoms with Crippen molar-refractivity contribution in [3.8, 4) is 11.5 Å². The third kappa shape index (κ3) is 5.60. The zero-order chi connectivity index (χ0) is 23.0. The number of nitrogens with zero attached hydrogens (tertiary/aromatic N) is 1. The molecule has 3 nitrogen and oxygen atoms in total. The Bertz CT molecular complexity index is 1150. The van der Waals surface area contributed by atoms with E-state index in [2.05, 4.69) is 83.8 Å². The summed E-state index contributed by atoms with van der Waals surface area (Å²) in [7, 11) is 0. The Hall–Kier alpha value is -3.72. The summed E-state index contributed by atoms with van der Waals surface area (Å²) in [5.41, 5.74) is 4.90. The lowest BCUT2D eigenvalue weighted by Crippen LogP contribution is -2.33. The van der Waals surface area contributed by atoms with Crippen LogP contribution in [0.4, 0.5) is 5.69 Å². The molecule has 0 radical (unpaired) electrons. The van der Waals surface area contributed by atoms with Crippen molar-refractivity contribution in [2.75, 3.05) is 18.0 Å². The normalized spacial score (nSPS) is 14.1. The fourth-order valence-electron chi connectivity index (χ4n) is 4.61. The zero-order valence-corrected chi connectivity index (χ0v) is 19.5. The molecule has 0 N–H and O–H groups in total. The van der Waals surface area contributed by atoms with Crippen LogP contribution < -0.4 is 14.4 Å². The highest BCUT2D eigenvalue weighted by Gasteiger charge is 2.23. The van der Waals surface area contributed by atoms with Crippen LogP contribution in [-0.2, 0) is 13.2 Å². The Morgan fingerprint density at radius 1 is 0.618 bits per heavy atom. The molecule has 0 aliphatic carbocycles. The Labute approximate surface area is 202 Å². The fraction of sp³-hybridized carbons (Fsp3) is 0.226. The first-order chi connectivity index (χ1) is 16.8. The molecular weight excluding hydrogens is 418 g/mol. The van der Waals surface area contributed by atoms with Gasteiger partial charge < -0.3 is 14.4 Å². The van der Waals surface area contributed by atoms with Gasteiger partial charge in [0.2, 0.25) is 0 Å². The maximum Gasteiger partial charge on any atom is 0.143 e. The zero-order valence-electron chi connectivity index (χ0n) is 19.5. The van der Waals surface area contributed by atoms with E-state index in [-0.39, 0.29) is 0 Å². The van der Waals surface area contributed by atoms with Crippen LogP contribution in [0.1, 0.15) is 35.4 Å². The van der Waals surface area contributed by atoms with E-state index in [1.54, 1.807) is 0 Å². The molecular formula is C31H31NO2. The first kappa shape index (κ1) is 22.1. The summed E-state index contributed by atoms with van der Waals surface area (Å²) in [6.45, 7) is 3.12. The maximum atomic E-state index is 6.31. The van der Waals surface area contributed by atoms with Crippen molar-refractivity contribution in [3.63, 3.8) is 0 Å². The molecule has 1 aliphatic heterocycles. The van der Waals surface area contributed by atoms with Crippen LogP contribution in [-0.4, -0.2) is 13.1 Å². The Morgan fingerprint density at radius 2 is 1.18 bits per heavy atom. The van der Waals surface area contributed by atoms with Gasteiger partial charge in [-0.1, -0.05) is 91.0 Å². The monoisotopic (exact) mass is 449 g/mol. The van der Waals surface area contributed by atoms with Gasteiger partial charge in [0.1, 0.15) is 24.7 Å². The molecule has 0 aromatic heterocycles. The van der Waals surface area contributed by atoms with Gasteiger partial charge in [-0.05, 0) is 47.6 Å². The molecule has 0 amide bonds. The number of anilines is 1. The molecule has 34 heavy (non-hydrogen) atoms. The van der Waals surface area contributed by atoms with Crippen molar-refractivity contribution in [1.29, 1.82) is 0 Å². The molecule has 0 spiro atoms. The van der Waals surface area contributed by atoms with E-state index in [1.165, 1.54) is 11.1 Å². The third-order valence-electron chi connectivity index (χ3n) is 6.52. The van der Waals surface area contributed by atoms with Crippen LogP contribution in [0.25, 0.3) is 0 Å². The second kappa shape index (κ2) is 10.9. The largest absolute Gasteiger partial charge is 0.489 e. The topological polar surface area (TPSA) is 21.7 Å². The van der Waals surface area contributed by atoms with E-state index >= 15 is 0 Å². The average Bonchev–Trinajstić information content (AvgIpc) is 2.93. The lowest BCUT2D eigenvalue weighted by molar-refractivity contribution is 0.297. The number of hydrogen-bond acceptors (Lipinski definition) is 3. The van der Waals surface area contributed by atoms with E-state index in [0.717, 1.165) is 48.7 Å². The first-order valence-electron chi connectivity index (χ1n) is 12.1. The number of piperidine rings is 1. The molecule has 0 unspecified atom stereocenters. The van der Waals surface area contributed by atoms with E-state index in [0.29, 0.717) is 19.1 Å². The first-order valence-corrected chi connectivity index (χ1v) is 12.1. The summed E-state index contributed by atoms with van der Waals surface area (Å²) in [5, 5.41) is 0. The van der Waals surface area contributed by atoms with Gasteiger partial charge in [-0.25, -0.2) is 0 Å². The Kier molecular flexibility index (Phi) is 7.10. The van der Waals surface area contributed by atoms with Crippen LogP contribution in [0.5, 0.6) is 11.5 Å². The minimum absolute atomic E-state index is 0.554. The van der Waals surface area contributed by atoms with Crippen molar-refractivity contribution in [1.82, 2.24) is 0 Å². The summed E-state index contributed by atoms with van der Waals surface area (Å²) in [6, 6.07) is 37.7. The molecule has 4 aromatic rings. The standard InChI is InChI=1S/C31H31NO2/c1-4-10-25(11-5-1)23-33-29-16-17-31(34-24-26-12-6-2-7-13-26)30(22-29)32-20-18-28(19-21-32)27-14-8-3-9-15-27/h1-17,22,28H,18-21,23-24H2. The highest BCUT2D eigenvalue weighted by Crippen LogP contribution is 2.37. The van der Waals surface area contributed by atoms with Crippen LogP contribution in [0.3, 0.4) is 0 Å². The molecule has 3 heteroatoms. The van der Waals surface area contributed by atoms with Gasteiger partial charge in [0.05, 0.1) is 5.69 Å². The molecule has 1 aliphatic rings. The number of benzene rings is 4. The predicted molar refractivity (Wildman–Crippen MR) is 139 cm³/mol. The molecule has 1 heterocycles. The number of rotatable bonds is 8. The van der Waals surface area contributed by atoms with Crippen LogP contribution >= 0.6 is 0 Å². The molecule has 1 saturated heterocycles. The Balaban J connectivity index is 1.32. The predicted octanol–water partition coefficient (Wildman–Crippen LogP) is 7.23. The van der Waals surface area contributed by atoms with Crippen LogP contribution in [0.15, 0.2) is 109 Å². The maximum absolute atomic E-state index is 6.31. The molecule has 0 bridgehead atoms. The smallest absolute Gasteiger partial charge is 0.143 e. The average molecular weight is 450 g/mol. The second-order valence-corrected chi connectivity index (χ2v) is 8.85. The van der Waals surface area contributed by atoms with Gasteiger partial charge >= 0.3 is 0 Å².